The largest absolute Gasteiger partial charge is 0.343 e. The molecule has 0 N–H and O–H groups in total. The molecular formula is C11H11NO2S. The molecule has 15 heavy (non-hydrogen) atoms. The van der Waals surface area contributed by atoms with Crippen LogP contribution in [0.4, 0.5) is 0 Å². The fraction of sp³-hybridized carbons (Fsp3) is 0.545. The van der Waals surface area contributed by atoms with Gasteiger partial charge in [0.25, 0.3) is 0 Å². The molecule has 0 atom stereocenters. The Bertz CT molecular complexity index is 426. The minimum atomic E-state index is -0.515. The molecule has 1 fully saturated rings. The number of ether oxygens (including phenoxy) is 2. The second-order valence-electron chi connectivity index (χ2n) is 3.86. The Morgan fingerprint density at radius 3 is 2.93 bits per heavy atom. The summed E-state index contributed by atoms with van der Waals surface area (Å²) in [7, 11) is 0. The zero-order chi connectivity index (χ0) is 10.3. The SMILES string of the molecule is N#Cc1cc2c(s1)CCCC21OCCO1. The number of hydrogen-bond acceptors (Lipinski definition) is 4. The highest BCUT2D eigenvalue weighted by Crippen LogP contribution is 2.44. The van der Waals surface area contributed by atoms with Gasteiger partial charge in [-0.1, -0.05) is 0 Å². The number of fused-ring (bicyclic) bond motifs is 2. The first-order valence-electron chi connectivity index (χ1n) is 5.15. The molecule has 0 saturated carbocycles. The number of nitriles is 1. The summed E-state index contributed by atoms with van der Waals surface area (Å²) in [6.45, 7) is 1.33. The zero-order valence-electron chi connectivity index (χ0n) is 8.28. The van der Waals surface area contributed by atoms with Crippen LogP contribution in [-0.2, 0) is 21.7 Å². The molecule has 2 heterocycles. The van der Waals surface area contributed by atoms with Gasteiger partial charge in [0.05, 0.1) is 13.2 Å². The van der Waals surface area contributed by atoms with Crippen LogP contribution < -0.4 is 0 Å². The average molecular weight is 221 g/mol. The molecule has 0 amide bonds. The topological polar surface area (TPSA) is 42.2 Å². The van der Waals surface area contributed by atoms with Gasteiger partial charge in [0.1, 0.15) is 10.9 Å². The van der Waals surface area contributed by atoms with Crippen molar-refractivity contribution in [2.24, 2.45) is 0 Å². The van der Waals surface area contributed by atoms with Crippen molar-refractivity contribution in [3.8, 4) is 6.07 Å². The smallest absolute Gasteiger partial charge is 0.196 e. The summed E-state index contributed by atoms with van der Waals surface area (Å²) in [6, 6.07) is 4.13. The summed E-state index contributed by atoms with van der Waals surface area (Å²) >= 11 is 1.58. The molecule has 1 aliphatic carbocycles. The van der Waals surface area contributed by atoms with E-state index in [0.29, 0.717) is 13.2 Å². The average Bonchev–Trinajstić information content (AvgIpc) is 2.86. The number of thiophene rings is 1. The maximum atomic E-state index is 8.90. The number of nitrogens with zero attached hydrogens (tertiary/aromatic N) is 1. The summed E-state index contributed by atoms with van der Waals surface area (Å²) in [5.74, 6) is -0.515. The van der Waals surface area contributed by atoms with Crippen LogP contribution in [0.3, 0.4) is 0 Å². The predicted octanol–water partition coefficient (Wildman–Crippen LogP) is 2.16. The highest BCUT2D eigenvalue weighted by Gasteiger charge is 2.43. The lowest BCUT2D eigenvalue weighted by atomic mass is 9.92. The molecule has 0 bridgehead atoms. The molecule has 3 rings (SSSR count). The van der Waals surface area contributed by atoms with E-state index in [1.807, 2.05) is 6.07 Å². The molecule has 0 radical (unpaired) electrons. The normalized spacial score (nSPS) is 22.6. The molecular weight excluding hydrogens is 210 g/mol. The van der Waals surface area contributed by atoms with Gasteiger partial charge in [-0.15, -0.1) is 11.3 Å². The van der Waals surface area contributed by atoms with Crippen molar-refractivity contribution in [2.75, 3.05) is 13.2 Å². The van der Waals surface area contributed by atoms with Gasteiger partial charge in [-0.2, -0.15) is 5.26 Å². The van der Waals surface area contributed by atoms with Crippen molar-refractivity contribution in [3.63, 3.8) is 0 Å². The van der Waals surface area contributed by atoms with Crippen molar-refractivity contribution in [2.45, 2.75) is 25.0 Å². The molecule has 1 aromatic heterocycles. The standard InChI is InChI=1S/C11H11NO2S/c12-7-8-6-9-10(15-8)2-1-3-11(9)13-4-5-14-11/h6H,1-5H2. The Labute approximate surface area is 92.2 Å². The van der Waals surface area contributed by atoms with E-state index >= 15 is 0 Å². The monoisotopic (exact) mass is 221 g/mol. The van der Waals surface area contributed by atoms with Gasteiger partial charge in [0.15, 0.2) is 5.79 Å². The van der Waals surface area contributed by atoms with E-state index in [2.05, 4.69) is 6.07 Å². The molecule has 1 saturated heterocycles. The predicted molar refractivity (Wildman–Crippen MR) is 55.6 cm³/mol. The van der Waals surface area contributed by atoms with Gasteiger partial charge >= 0.3 is 0 Å². The van der Waals surface area contributed by atoms with E-state index in [9.17, 15) is 0 Å². The minimum Gasteiger partial charge on any atom is -0.343 e. The number of aryl methyl sites for hydroxylation is 1. The van der Waals surface area contributed by atoms with Crippen LogP contribution >= 0.6 is 11.3 Å². The molecule has 4 heteroatoms. The van der Waals surface area contributed by atoms with Gasteiger partial charge < -0.3 is 9.47 Å². The highest BCUT2D eigenvalue weighted by atomic mass is 32.1. The van der Waals surface area contributed by atoms with Crippen LogP contribution in [-0.4, -0.2) is 13.2 Å². The van der Waals surface area contributed by atoms with E-state index < -0.39 is 5.79 Å². The molecule has 2 aliphatic rings. The highest BCUT2D eigenvalue weighted by molar-refractivity contribution is 7.12. The zero-order valence-corrected chi connectivity index (χ0v) is 9.10. The minimum absolute atomic E-state index is 0.515. The number of rotatable bonds is 0. The van der Waals surface area contributed by atoms with Crippen molar-refractivity contribution in [1.82, 2.24) is 0 Å². The fourth-order valence-electron chi connectivity index (χ4n) is 2.36. The summed E-state index contributed by atoms with van der Waals surface area (Å²) < 4.78 is 11.5. The Morgan fingerprint density at radius 1 is 1.40 bits per heavy atom. The lowest BCUT2D eigenvalue weighted by Crippen LogP contribution is -2.30. The Hall–Kier alpha value is -0.890. The van der Waals surface area contributed by atoms with E-state index in [-0.39, 0.29) is 0 Å². The van der Waals surface area contributed by atoms with Gasteiger partial charge in [-0.05, 0) is 18.9 Å². The molecule has 0 aromatic carbocycles. The van der Waals surface area contributed by atoms with Crippen molar-refractivity contribution < 1.29 is 9.47 Å². The van der Waals surface area contributed by atoms with Crippen molar-refractivity contribution in [1.29, 1.82) is 5.26 Å². The Balaban J connectivity index is 2.10. The lowest BCUT2D eigenvalue weighted by Gasteiger charge is -2.31. The first-order valence-corrected chi connectivity index (χ1v) is 5.97. The van der Waals surface area contributed by atoms with Crippen LogP contribution in [0.1, 0.15) is 28.2 Å². The molecule has 0 unspecified atom stereocenters. The number of hydrogen-bond donors (Lipinski definition) is 0. The molecule has 78 valence electrons. The van der Waals surface area contributed by atoms with Gasteiger partial charge in [-0.3, -0.25) is 0 Å². The Kier molecular flexibility index (Phi) is 2.06. The summed E-state index contributed by atoms with van der Waals surface area (Å²) in [5.41, 5.74) is 1.10. The van der Waals surface area contributed by atoms with E-state index in [4.69, 9.17) is 14.7 Å². The maximum Gasteiger partial charge on any atom is 0.196 e. The third kappa shape index (κ3) is 1.31. The second-order valence-corrected chi connectivity index (χ2v) is 5.00. The quantitative estimate of drug-likeness (QED) is 0.674. The molecule has 1 aromatic rings. The summed E-state index contributed by atoms with van der Waals surface area (Å²) in [4.78, 5) is 2.03. The first kappa shape index (κ1) is 9.34. The third-order valence-corrected chi connectivity index (χ3v) is 4.09. The van der Waals surface area contributed by atoms with Crippen LogP contribution in [0.15, 0.2) is 6.07 Å². The first-order chi connectivity index (χ1) is 7.34. The van der Waals surface area contributed by atoms with Crippen molar-refractivity contribution >= 4 is 11.3 Å². The van der Waals surface area contributed by atoms with Crippen LogP contribution in [0, 0.1) is 11.3 Å². The van der Waals surface area contributed by atoms with Crippen molar-refractivity contribution in [3.05, 3.63) is 21.4 Å². The molecule has 1 spiro atoms. The van der Waals surface area contributed by atoms with E-state index in [1.54, 1.807) is 11.3 Å². The third-order valence-electron chi connectivity index (χ3n) is 2.99. The maximum absolute atomic E-state index is 8.90. The molecule has 1 aliphatic heterocycles. The summed E-state index contributed by atoms with van der Waals surface area (Å²) in [5, 5.41) is 8.90. The van der Waals surface area contributed by atoms with Crippen LogP contribution in [0.5, 0.6) is 0 Å². The van der Waals surface area contributed by atoms with Crippen LogP contribution in [0.25, 0.3) is 0 Å². The van der Waals surface area contributed by atoms with Crippen LogP contribution in [0.2, 0.25) is 0 Å². The fourth-order valence-corrected chi connectivity index (χ4v) is 3.42. The summed E-state index contributed by atoms with van der Waals surface area (Å²) in [6.07, 6.45) is 3.05. The second kappa shape index (κ2) is 3.31. The van der Waals surface area contributed by atoms with E-state index in [1.165, 1.54) is 4.88 Å². The Morgan fingerprint density at radius 2 is 2.20 bits per heavy atom. The molecule has 3 nitrogen and oxygen atoms in total. The van der Waals surface area contributed by atoms with E-state index in [0.717, 1.165) is 29.7 Å². The van der Waals surface area contributed by atoms with Gasteiger partial charge in [0.2, 0.25) is 0 Å². The van der Waals surface area contributed by atoms with Gasteiger partial charge in [0, 0.05) is 16.9 Å². The lowest BCUT2D eigenvalue weighted by molar-refractivity contribution is -0.175. The van der Waals surface area contributed by atoms with Gasteiger partial charge in [-0.25, -0.2) is 0 Å².